The molecule has 1 heterocycles. The normalized spacial score (nSPS) is 19.5. The molecule has 2 aliphatic carbocycles. The fraction of sp³-hybridized carbons (Fsp3) is 0.739. The van der Waals surface area contributed by atoms with Crippen LogP contribution in [-0.2, 0) is 9.53 Å². The molecule has 1 aromatic rings. The molecule has 2 saturated carbocycles. The molecule has 3 rings (SSSR count). The molecule has 0 saturated heterocycles. The molecule has 0 N–H and O–H groups in total. The lowest BCUT2D eigenvalue weighted by atomic mass is 9.98. The summed E-state index contributed by atoms with van der Waals surface area (Å²) in [6.45, 7) is 5.29. The predicted octanol–water partition coefficient (Wildman–Crippen LogP) is 4.85. The van der Waals surface area contributed by atoms with Crippen LogP contribution in [0.3, 0.4) is 0 Å². The van der Waals surface area contributed by atoms with Gasteiger partial charge in [-0.1, -0.05) is 12.8 Å². The summed E-state index contributed by atoms with van der Waals surface area (Å²) in [4.78, 5) is 21.4. The lowest BCUT2D eigenvalue weighted by molar-refractivity contribution is -0.155. The van der Waals surface area contributed by atoms with E-state index in [4.69, 9.17) is 14.2 Å². The third-order valence-electron chi connectivity index (χ3n) is 5.41. The quantitative estimate of drug-likeness (QED) is 0.613. The van der Waals surface area contributed by atoms with Crippen molar-refractivity contribution in [2.24, 2.45) is 0 Å². The third-order valence-corrected chi connectivity index (χ3v) is 5.41. The van der Waals surface area contributed by atoms with Gasteiger partial charge in [-0.05, 0) is 72.1 Å². The van der Waals surface area contributed by atoms with E-state index in [0.29, 0.717) is 11.8 Å². The van der Waals surface area contributed by atoms with Crippen LogP contribution < -0.4 is 9.47 Å². The second-order valence-corrected chi connectivity index (χ2v) is 9.25. The lowest BCUT2D eigenvalue weighted by Gasteiger charge is -2.25. The lowest BCUT2D eigenvalue weighted by Crippen LogP contribution is -2.28. The van der Waals surface area contributed by atoms with Gasteiger partial charge in [-0.25, -0.2) is 0 Å². The Kier molecular flexibility index (Phi) is 7.52. The summed E-state index contributed by atoms with van der Waals surface area (Å²) in [6, 6.07) is 3.68. The summed E-state index contributed by atoms with van der Waals surface area (Å²) >= 11 is 0. The minimum absolute atomic E-state index is 0.0749. The van der Waals surface area contributed by atoms with Crippen molar-refractivity contribution in [3.05, 3.63) is 11.9 Å². The average molecular weight is 416 g/mol. The topological polar surface area (TPSA) is 94.3 Å². The molecule has 1 unspecified atom stereocenters. The van der Waals surface area contributed by atoms with Crippen LogP contribution in [0.5, 0.6) is 11.8 Å². The van der Waals surface area contributed by atoms with Crippen LogP contribution in [0.2, 0.25) is 0 Å². The van der Waals surface area contributed by atoms with Crippen LogP contribution in [0.15, 0.2) is 6.07 Å². The summed E-state index contributed by atoms with van der Waals surface area (Å²) in [5, 5.41) is 9.66. The van der Waals surface area contributed by atoms with Crippen LogP contribution in [0.1, 0.15) is 96.7 Å². The molecular weight excluding hydrogens is 382 g/mol. The van der Waals surface area contributed by atoms with Crippen molar-refractivity contribution in [2.45, 2.75) is 109 Å². The van der Waals surface area contributed by atoms with Crippen LogP contribution in [-0.4, -0.2) is 33.7 Å². The van der Waals surface area contributed by atoms with Gasteiger partial charge in [0.15, 0.2) is 5.82 Å². The molecule has 2 aliphatic rings. The van der Waals surface area contributed by atoms with E-state index in [1.165, 1.54) is 12.8 Å². The van der Waals surface area contributed by atoms with Crippen LogP contribution in [0.4, 0.5) is 0 Å². The highest BCUT2D eigenvalue weighted by Gasteiger charge is 2.31. The van der Waals surface area contributed by atoms with E-state index in [9.17, 15) is 10.1 Å². The Bertz CT molecular complexity index is 718. The van der Waals surface area contributed by atoms with Gasteiger partial charge in [0.2, 0.25) is 17.7 Å². The summed E-state index contributed by atoms with van der Waals surface area (Å²) in [5.74, 6) is -1.09. The Morgan fingerprint density at radius 3 is 1.83 bits per heavy atom. The SMILES string of the molecule is CC(C)(C)OC(=O)C(C#N)c1nc(OC2CCCCC2)cc(OC2CCCCC2)n1. The number of nitriles is 1. The maximum absolute atomic E-state index is 12.6. The molecule has 7 heteroatoms. The second-order valence-electron chi connectivity index (χ2n) is 9.25. The monoisotopic (exact) mass is 415 g/mol. The number of rotatable bonds is 6. The molecule has 0 spiro atoms. The maximum Gasteiger partial charge on any atom is 0.331 e. The van der Waals surface area contributed by atoms with Gasteiger partial charge in [0.1, 0.15) is 17.8 Å². The van der Waals surface area contributed by atoms with Crippen LogP contribution >= 0.6 is 0 Å². The minimum atomic E-state index is -1.23. The van der Waals surface area contributed by atoms with Crippen molar-refractivity contribution in [1.29, 1.82) is 5.26 Å². The van der Waals surface area contributed by atoms with Gasteiger partial charge in [-0.2, -0.15) is 15.2 Å². The van der Waals surface area contributed by atoms with Crippen molar-refractivity contribution in [2.75, 3.05) is 0 Å². The van der Waals surface area contributed by atoms with Crippen molar-refractivity contribution in [3.8, 4) is 17.8 Å². The van der Waals surface area contributed by atoms with Gasteiger partial charge in [0.25, 0.3) is 0 Å². The van der Waals surface area contributed by atoms with Crippen molar-refractivity contribution in [3.63, 3.8) is 0 Å². The van der Waals surface area contributed by atoms with Gasteiger partial charge >= 0.3 is 5.97 Å². The van der Waals surface area contributed by atoms with Gasteiger partial charge in [-0.3, -0.25) is 4.79 Å². The van der Waals surface area contributed by atoms with Crippen molar-refractivity contribution < 1.29 is 19.0 Å². The number of carbonyl (C=O) groups excluding carboxylic acids is 1. The predicted molar refractivity (Wildman–Crippen MR) is 111 cm³/mol. The molecule has 0 aromatic carbocycles. The van der Waals surface area contributed by atoms with Crippen LogP contribution in [0.25, 0.3) is 0 Å². The van der Waals surface area contributed by atoms with E-state index in [-0.39, 0.29) is 18.0 Å². The summed E-state index contributed by atoms with van der Waals surface area (Å²) in [5.41, 5.74) is -0.705. The number of carbonyl (C=O) groups is 1. The van der Waals surface area contributed by atoms with E-state index in [0.717, 1.165) is 51.4 Å². The van der Waals surface area contributed by atoms with E-state index in [2.05, 4.69) is 9.97 Å². The van der Waals surface area contributed by atoms with E-state index >= 15 is 0 Å². The number of esters is 1. The number of hydrogen-bond donors (Lipinski definition) is 0. The highest BCUT2D eigenvalue weighted by atomic mass is 16.6. The van der Waals surface area contributed by atoms with E-state index < -0.39 is 17.5 Å². The summed E-state index contributed by atoms with van der Waals surface area (Å²) in [7, 11) is 0. The Morgan fingerprint density at radius 2 is 1.43 bits per heavy atom. The zero-order valence-electron chi connectivity index (χ0n) is 18.4. The zero-order chi connectivity index (χ0) is 21.6. The molecule has 1 atom stereocenters. The molecule has 0 aliphatic heterocycles. The molecule has 0 bridgehead atoms. The Labute approximate surface area is 179 Å². The molecule has 0 radical (unpaired) electrons. The zero-order valence-corrected chi connectivity index (χ0v) is 18.4. The first-order valence-corrected chi connectivity index (χ1v) is 11.2. The fourth-order valence-electron chi connectivity index (χ4n) is 3.95. The Morgan fingerprint density at radius 1 is 0.967 bits per heavy atom. The highest BCUT2D eigenvalue weighted by molar-refractivity contribution is 5.80. The maximum atomic E-state index is 12.6. The van der Waals surface area contributed by atoms with Crippen molar-refractivity contribution in [1.82, 2.24) is 9.97 Å². The minimum Gasteiger partial charge on any atom is -0.474 e. The van der Waals surface area contributed by atoms with Gasteiger partial charge in [0.05, 0.1) is 12.1 Å². The standard InChI is InChI=1S/C23H33N3O4/c1-23(2,3)30-22(27)18(15-24)21-25-19(28-16-10-6-4-7-11-16)14-20(26-21)29-17-12-8-5-9-13-17/h14,16-18H,4-13H2,1-3H3. The molecule has 2 fully saturated rings. The van der Waals surface area contributed by atoms with Gasteiger partial charge < -0.3 is 14.2 Å². The van der Waals surface area contributed by atoms with Crippen molar-refractivity contribution >= 4 is 5.97 Å². The molecular formula is C23H33N3O4. The second kappa shape index (κ2) is 10.1. The Hall–Kier alpha value is -2.36. The summed E-state index contributed by atoms with van der Waals surface area (Å²) in [6.07, 6.45) is 11.1. The number of ether oxygens (including phenoxy) is 3. The molecule has 1 aromatic heterocycles. The van der Waals surface area contributed by atoms with E-state index in [1.54, 1.807) is 26.8 Å². The largest absolute Gasteiger partial charge is 0.474 e. The summed E-state index contributed by atoms with van der Waals surface area (Å²) < 4.78 is 17.6. The smallest absolute Gasteiger partial charge is 0.331 e. The third kappa shape index (κ3) is 6.58. The van der Waals surface area contributed by atoms with Gasteiger partial charge in [-0.15, -0.1) is 0 Å². The molecule has 0 amide bonds. The number of nitrogens with zero attached hydrogens (tertiary/aromatic N) is 3. The first-order chi connectivity index (χ1) is 14.3. The van der Waals surface area contributed by atoms with E-state index in [1.807, 2.05) is 6.07 Å². The first kappa shape index (κ1) is 22.3. The number of hydrogen-bond acceptors (Lipinski definition) is 7. The molecule has 30 heavy (non-hydrogen) atoms. The highest BCUT2D eigenvalue weighted by Crippen LogP contribution is 2.29. The average Bonchev–Trinajstić information content (AvgIpc) is 2.68. The first-order valence-electron chi connectivity index (χ1n) is 11.2. The van der Waals surface area contributed by atoms with Gasteiger partial charge in [0, 0.05) is 0 Å². The fourth-order valence-corrected chi connectivity index (χ4v) is 3.95. The number of aromatic nitrogens is 2. The molecule has 164 valence electrons. The van der Waals surface area contributed by atoms with Crippen LogP contribution in [0, 0.1) is 11.3 Å². The molecule has 7 nitrogen and oxygen atoms in total. The Balaban J connectivity index is 1.85.